The predicted molar refractivity (Wildman–Crippen MR) is 107 cm³/mol. The van der Waals surface area contributed by atoms with Gasteiger partial charge < -0.3 is 15.5 Å². The maximum atomic E-state index is 13.0. The molecule has 2 saturated heterocycles. The summed E-state index contributed by atoms with van der Waals surface area (Å²) in [6, 6.07) is 6.99. The Labute approximate surface area is 166 Å². The molecule has 152 valence electrons. The van der Waals surface area contributed by atoms with Crippen molar-refractivity contribution < 1.29 is 14.4 Å². The number of nitrogens with one attached hydrogen (secondary N) is 2. The number of urea groups is 1. The Morgan fingerprint density at radius 2 is 1.86 bits per heavy atom. The molecule has 28 heavy (non-hydrogen) atoms. The van der Waals surface area contributed by atoms with E-state index in [1.54, 1.807) is 11.8 Å². The van der Waals surface area contributed by atoms with Crippen molar-refractivity contribution in [2.24, 2.45) is 5.92 Å². The van der Waals surface area contributed by atoms with Gasteiger partial charge in [0.05, 0.1) is 0 Å². The van der Waals surface area contributed by atoms with Crippen molar-refractivity contribution >= 4 is 17.8 Å². The van der Waals surface area contributed by atoms with Crippen LogP contribution < -0.4 is 10.6 Å². The molecule has 0 saturated carbocycles. The molecular formula is C21H30N4O3. The van der Waals surface area contributed by atoms with E-state index in [9.17, 15) is 14.4 Å². The molecule has 7 nitrogen and oxygen atoms in total. The lowest BCUT2D eigenvalue weighted by molar-refractivity contribution is -0.139. The van der Waals surface area contributed by atoms with E-state index in [1.165, 1.54) is 0 Å². The van der Waals surface area contributed by atoms with Gasteiger partial charge in [-0.05, 0) is 51.3 Å². The standard InChI is InChI=1S/C21H30N4O3/c1-4-22-13-16-9-11-24(12-10-16)18(26)14-25-19(27)21(3,23-20(25)28)17-7-5-15(2)6-8-17/h5-8,16,22H,4,9-14H2,1-3H3,(H,23,28). The predicted octanol–water partition coefficient (Wildman–Crippen LogP) is 1.61. The van der Waals surface area contributed by atoms with E-state index < -0.39 is 11.6 Å². The second-order valence-corrected chi connectivity index (χ2v) is 7.94. The number of carbonyl (C=O) groups is 3. The van der Waals surface area contributed by atoms with Crippen LogP contribution >= 0.6 is 0 Å². The summed E-state index contributed by atoms with van der Waals surface area (Å²) in [6.07, 6.45) is 1.89. The van der Waals surface area contributed by atoms with E-state index in [0.717, 1.165) is 42.0 Å². The van der Waals surface area contributed by atoms with Crippen LogP contribution in [0, 0.1) is 12.8 Å². The van der Waals surface area contributed by atoms with E-state index in [0.29, 0.717) is 19.0 Å². The van der Waals surface area contributed by atoms with E-state index in [2.05, 4.69) is 17.6 Å². The Balaban J connectivity index is 1.61. The minimum absolute atomic E-state index is 0.168. The van der Waals surface area contributed by atoms with Gasteiger partial charge in [-0.25, -0.2) is 4.79 Å². The van der Waals surface area contributed by atoms with Crippen LogP contribution in [0.3, 0.4) is 0 Å². The van der Waals surface area contributed by atoms with Gasteiger partial charge in [-0.2, -0.15) is 0 Å². The van der Waals surface area contributed by atoms with Gasteiger partial charge in [0.2, 0.25) is 5.91 Å². The summed E-state index contributed by atoms with van der Waals surface area (Å²) in [7, 11) is 0. The minimum Gasteiger partial charge on any atom is -0.341 e. The van der Waals surface area contributed by atoms with Crippen LogP contribution in [0.2, 0.25) is 0 Å². The largest absolute Gasteiger partial charge is 0.341 e. The van der Waals surface area contributed by atoms with Gasteiger partial charge in [0.15, 0.2) is 0 Å². The Morgan fingerprint density at radius 1 is 1.21 bits per heavy atom. The number of hydrogen-bond acceptors (Lipinski definition) is 4. The highest BCUT2D eigenvalue weighted by atomic mass is 16.2. The van der Waals surface area contributed by atoms with Gasteiger partial charge >= 0.3 is 6.03 Å². The molecule has 2 N–H and O–H groups in total. The highest BCUT2D eigenvalue weighted by molar-refractivity contribution is 6.09. The fourth-order valence-electron chi connectivity index (χ4n) is 3.89. The molecule has 1 atom stereocenters. The number of aryl methyl sites for hydroxylation is 1. The van der Waals surface area contributed by atoms with E-state index in [-0.39, 0.29) is 18.4 Å². The molecule has 1 aromatic carbocycles. The third-order valence-electron chi connectivity index (χ3n) is 5.85. The molecule has 1 aromatic rings. The van der Waals surface area contributed by atoms with Gasteiger partial charge in [0.1, 0.15) is 12.1 Å². The molecule has 3 rings (SSSR count). The molecule has 0 radical (unpaired) electrons. The molecule has 1 unspecified atom stereocenters. The van der Waals surface area contributed by atoms with Crippen molar-refractivity contribution in [2.45, 2.75) is 39.2 Å². The number of carbonyl (C=O) groups excluding carboxylic acids is 3. The smallest absolute Gasteiger partial charge is 0.325 e. The highest BCUT2D eigenvalue weighted by Crippen LogP contribution is 2.29. The van der Waals surface area contributed by atoms with Gasteiger partial charge in [0, 0.05) is 13.1 Å². The summed E-state index contributed by atoms with van der Waals surface area (Å²) in [4.78, 5) is 40.9. The quantitative estimate of drug-likeness (QED) is 0.728. The molecule has 7 heteroatoms. The van der Waals surface area contributed by atoms with Gasteiger partial charge in [-0.15, -0.1) is 0 Å². The molecule has 2 fully saturated rings. The number of hydrogen-bond donors (Lipinski definition) is 2. The number of benzene rings is 1. The van der Waals surface area contributed by atoms with Crippen LogP contribution in [-0.2, 0) is 15.1 Å². The first kappa shape index (κ1) is 20.3. The van der Waals surface area contributed by atoms with Gasteiger partial charge in [-0.3, -0.25) is 14.5 Å². The van der Waals surface area contributed by atoms with Crippen LogP contribution in [-0.4, -0.2) is 60.4 Å². The summed E-state index contributed by atoms with van der Waals surface area (Å²) in [6.45, 7) is 8.81. The van der Waals surface area contributed by atoms with Crippen LogP contribution in [0.25, 0.3) is 0 Å². The summed E-state index contributed by atoms with van der Waals surface area (Å²) >= 11 is 0. The van der Waals surface area contributed by atoms with Crippen LogP contribution in [0.15, 0.2) is 24.3 Å². The summed E-state index contributed by atoms with van der Waals surface area (Å²) in [5, 5.41) is 6.11. The average Bonchev–Trinajstić information content (AvgIpc) is 2.91. The van der Waals surface area contributed by atoms with Crippen LogP contribution in [0.4, 0.5) is 4.79 Å². The molecule has 2 heterocycles. The monoisotopic (exact) mass is 386 g/mol. The number of rotatable bonds is 6. The molecule has 2 aliphatic rings. The number of likely N-dealkylation sites (tertiary alicyclic amines) is 1. The normalized spacial score (nSPS) is 23.2. The van der Waals surface area contributed by atoms with Crippen molar-refractivity contribution in [2.75, 3.05) is 32.7 Å². The molecule has 4 amide bonds. The van der Waals surface area contributed by atoms with E-state index in [1.807, 2.05) is 31.2 Å². The Bertz CT molecular complexity index is 741. The first-order chi connectivity index (χ1) is 13.3. The Morgan fingerprint density at radius 3 is 2.46 bits per heavy atom. The zero-order chi connectivity index (χ0) is 20.3. The van der Waals surface area contributed by atoms with Crippen LogP contribution in [0.5, 0.6) is 0 Å². The number of amides is 4. The van der Waals surface area contributed by atoms with Crippen molar-refractivity contribution in [3.8, 4) is 0 Å². The first-order valence-corrected chi connectivity index (χ1v) is 10.0. The summed E-state index contributed by atoms with van der Waals surface area (Å²) < 4.78 is 0. The third-order valence-corrected chi connectivity index (χ3v) is 5.85. The molecule has 2 aliphatic heterocycles. The molecule has 0 aliphatic carbocycles. The second kappa shape index (κ2) is 8.31. The lowest BCUT2D eigenvalue weighted by Gasteiger charge is -2.33. The number of nitrogens with zero attached hydrogens (tertiary/aromatic N) is 2. The summed E-state index contributed by atoms with van der Waals surface area (Å²) in [5.41, 5.74) is 0.661. The lowest BCUT2D eigenvalue weighted by Crippen LogP contribution is -2.47. The average molecular weight is 386 g/mol. The SMILES string of the molecule is CCNCC1CCN(C(=O)CN2C(=O)NC(C)(c3ccc(C)cc3)C2=O)CC1. The Kier molecular flexibility index (Phi) is 6.03. The third kappa shape index (κ3) is 4.04. The zero-order valence-corrected chi connectivity index (χ0v) is 17.0. The van der Waals surface area contributed by atoms with Crippen molar-refractivity contribution in [3.05, 3.63) is 35.4 Å². The van der Waals surface area contributed by atoms with Gasteiger partial charge in [0.25, 0.3) is 5.91 Å². The van der Waals surface area contributed by atoms with Crippen molar-refractivity contribution in [3.63, 3.8) is 0 Å². The molecule has 0 aromatic heterocycles. The highest BCUT2D eigenvalue weighted by Gasteiger charge is 2.49. The topological polar surface area (TPSA) is 81.8 Å². The molecular weight excluding hydrogens is 356 g/mol. The lowest BCUT2D eigenvalue weighted by atomic mass is 9.91. The van der Waals surface area contributed by atoms with Crippen molar-refractivity contribution in [1.29, 1.82) is 0 Å². The zero-order valence-electron chi connectivity index (χ0n) is 17.0. The van der Waals surface area contributed by atoms with Crippen molar-refractivity contribution in [1.82, 2.24) is 20.4 Å². The maximum Gasteiger partial charge on any atom is 0.325 e. The fourth-order valence-corrected chi connectivity index (χ4v) is 3.89. The molecule has 0 bridgehead atoms. The second-order valence-electron chi connectivity index (χ2n) is 7.94. The Hall–Kier alpha value is -2.41. The number of piperidine rings is 1. The van der Waals surface area contributed by atoms with Crippen LogP contribution in [0.1, 0.15) is 37.8 Å². The van der Waals surface area contributed by atoms with E-state index >= 15 is 0 Å². The molecule has 0 spiro atoms. The minimum atomic E-state index is -1.14. The van der Waals surface area contributed by atoms with Gasteiger partial charge in [-0.1, -0.05) is 36.8 Å². The van der Waals surface area contributed by atoms with E-state index in [4.69, 9.17) is 0 Å². The maximum absolute atomic E-state index is 13.0. The fraction of sp³-hybridized carbons (Fsp3) is 0.571. The first-order valence-electron chi connectivity index (χ1n) is 10.0. The summed E-state index contributed by atoms with van der Waals surface area (Å²) in [5.74, 6) is 0.0286. The number of imide groups is 1.